The second-order valence-corrected chi connectivity index (χ2v) is 3.92. The topological polar surface area (TPSA) is 91.9 Å². The molecule has 0 aliphatic rings. The molecule has 0 aliphatic heterocycles. The van der Waals surface area contributed by atoms with E-state index >= 15 is 0 Å². The van der Waals surface area contributed by atoms with Gasteiger partial charge >= 0.3 is 0 Å². The Hall–Kier alpha value is -2.85. The molecule has 0 unspecified atom stereocenters. The summed E-state index contributed by atoms with van der Waals surface area (Å²) in [6, 6.07) is 13.6. The summed E-state index contributed by atoms with van der Waals surface area (Å²) >= 11 is 0. The third-order valence-electron chi connectivity index (χ3n) is 2.69. The van der Waals surface area contributed by atoms with Crippen molar-refractivity contribution >= 4 is 11.4 Å². The number of nitro benzene ring substituents is 1. The van der Waals surface area contributed by atoms with Crippen LogP contribution in [-0.4, -0.2) is 4.92 Å². The predicted octanol–water partition coefficient (Wildman–Crippen LogP) is 4.13. The molecule has 2 aromatic rings. The maximum atomic E-state index is 10.6. The monoisotopic (exact) mass is 254 g/mol. The van der Waals surface area contributed by atoms with E-state index in [-0.39, 0.29) is 5.69 Å². The molecular weight excluding hydrogens is 244 g/mol. The smallest absolute Gasteiger partial charge is 0.258 e. The van der Waals surface area contributed by atoms with Gasteiger partial charge in [-0.05, 0) is 23.1 Å². The first kappa shape index (κ1) is 12.6. The van der Waals surface area contributed by atoms with Crippen molar-refractivity contribution in [1.29, 1.82) is 0 Å². The average molecular weight is 254 g/mol. The highest BCUT2D eigenvalue weighted by Gasteiger charge is 2.05. The molecule has 6 heteroatoms. The number of hydrogen-bond donors (Lipinski definition) is 0. The van der Waals surface area contributed by atoms with E-state index in [1.54, 1.807) is 24.3 Å². The van der Waals surface area contributed by atoms with Crippen LogP contribution in [0, 0.1) is 10.1 Å². The standard InChI is InChI=1S/C13H10N4O2/c14-16-15-13-4-2-1-3-11(13)9-10-5-7-12(8-6-10)17(18)19/h1-8H,9H2. The minimum Gasteiger partial charge on any atom is -0.258 e. The van der Waals surface area contributed by atoms with Gasteiger partial charge < -0.3 is 0 Å². The number of benzene rings is 2. The van der Waals surface area contributed by atoms with E-state index in [1.165, 1.54) is 12.1 Å². The van der Waals surface area contributed by atoms with Crippen molar-refractivity contribution in [2.75, 3.05) is 0 Å². The molecule has 0 spiro atoms. The lowest BCUT2D eigenvalue weighted by Crippen LogP contribution is -1.91. The quantitative estimate of drug-likeness (QED) is 0.270. The average Bonchev–Trinajstić information content (AvgIpc) is 2.42. The van der Waals surface area contributed by atoms with E-state index in [0.29, 0.717) is 12.1 Å². The van der Waals surface area contributed by atoms with Crippen molar-refractivity contribution in [2.45, 2.75) is 6.42 Å². The molecule has 0 saturated heterocycles. The highest BCUT2D eigenvalue weighted by atomic mass is 16.6. The van der Waals surface area contributed by atoms with Gasteiger partial charge in [0.2, 0.25) is 0 Å². The zero-order valence-electron chi connectivity index (χ0n) is 9.93. The number of nitrogens with zero attached hydrogens (tertiary/aromatic N) is 4. The molecule has 2 rings (SSSR count). The lowest BCUT2D eigenvalue weighted by Gasteiger charge is -2.04. The van der Waals surface area contributed by atoms with Gasteiger partial charge in [-0.2, -0.15) is 0 Å². The first-order valence-corrected chi connectivity index (χ1v) is 5.57. The largest absolute Gasteiger partial charge is 0.269 e. The summed E-state index contributed by atoms with van der Waals surface area (Å²) < 4.78 is 0. The molecule has 94 valence electrons. The van der Waals surface area contributed by atoms with Gasteiger partial charge in [-0.15, -0.1) is 0 Å². The van der Waals surface area contributed by atoms with Crippen LogP contribution in [0.2, 0.25) is 0 Å². The van der Waals surface area contributed by atoms with Crippen molar-refractivity contribution in [2.24, 2.45) is 5.11 Å². The molecule has 19 heavy (non-hydrogen) atoms. The Labute approximate surface area is 109 Å². The van der Waals surface area contributed by atoms with E-state index in [2.05, 4.69) is 10.0 Å². The molecule has 2 aromatic carbocycles. The first-order valence-electron chi connectivity index (χ1n) is 5.57. The molecule has 0 aromatic heterocycles. The molecule has 6 nitrogen and oxygen atoms in total. The Bertz CT molecular complexity index is 646. The summed E-state index contributed by atoms with van der Waals surface area (Å²) in [6.07, 6.45) is 0.563. The minimum absolute atomic E-state index is 0.0621. The maximum absolute atomic E-state index is 10.6. The first-order chi connectivity index (χ1) is 9.20. The van der Waals surface area contributed by atoms with Gasteiger partial charge in [0.25, 0.3) is 5.69 Å². The van der Waals surface area contributed by atoms with Crippen molar-refractivity contribution in [3.05, 3.63) is 80.2 Å². The second-order valence-electron chi connectivity index (χ2n) is 3.92. The Morgan fingerprint density at radius 1 is 1.16 bits per heavy atom. The fraction of sp³-hybridized carbons (Fsp3) is 0.0769. The lowest BCUT2D eigenvalue weighted by atomic mass is 10.0. The minimum atomic E-state index is -0.433. The highest BCUT2D eigenvalue weighted by molar-refractivity contribution is 5.48. The Morgan fingerprint density at radius 3 is 2.47 bits per heavy atom. The van der Waals surface area contributed by atoms with Crippen LogP contribution in [0.1, 0.15) is 11.1 Å². The fourth-order valence-electron chi connectivity index (χ4n) is 1.76. The Kier molecular flexibility index (Phi) is 3.75. The number of rotatable bonds is 4. The number of hydrogen-bond acceptors (Lipinski definition) is 3. The van der Waals surface area contributed by atoms with Crippen LogP contribution in [0.25, 0.3) is 10.4 Å². The van der Waals surface area contributed by atoms with Crippen LogP contribution >= 0.6 is 0 Å². The van der Waals surface area contributed by atoms with Crippen LogP contribution in [0.5, 0.6) is 0 Å². The summed E-state index contributed by atoms with van der Waals surface area (Å²) in [5.41, 5.74) is 10.9. The van der Waals surface area contributed by atoms with Crippen LogP contribution in [0.15, 0.2) is 53.6 Å². The van der Waals surface area contributed by atoms with Crippen molar-refractivity contribution < 1.29 is 4.92 Å². The van der Waals surface area contributed by atoms with Crippen LogP contribution < -0.4 is 0 Å². The van der Waals surface area contributed by atoms with Crippen molar-refractivity contribution in [3.8, 4) is 0 Å². The molecule has 0 bridgehead atoms. The summed E-state index contributed by atoms with van der Waals surface area (Å²) in [4.78, 5) is 12.9. The van der Waals surface area contributed by atoms with Crippen LogP contribution in [0.4, 0.5) is 11.4 Å². The van der Waals surface area contributed by atoms with Gasteiger partial charge in [-0.1, -0.05) is 41.5 Å². The van der Waals surface area contributed by atoms with Crippen LogP contribution in [-0.2, 0) is 6.42 Å². The molecular formula is C13H10N4O2. The Balaban J connectivity index is 2.26. The van der Waals surface area contributed by atoms with Gasteiger partial charge in [0.15, 0.2) is 0 Å². The summed E-state index contributed by atoms with van der Waals surface area (Å²) in [5.74, 6) is 0. The number of nitro groups is 1. The van der Waals surface area contributed by atoms with E-state index in [4.69, 9.17) is 5.53 Å². The fourth-order valence-corrected chi connectivity index (χ4v) is 1.76. The lowest BCUT2D eigenvalue weighted by molar-refractivity contribution is -0.384. The second kappa shape index (κ2) is 5.66. The molecule has 0 amide bonds. The maximum Gasteiger partial charge on any atom is 0.269 e. The predicted molar refractivity (Wildman–Crippen MR) is 71.2 cm³/mol. The normalized spacial score (nSPS) is 9.68. The zero-order chi connectivity index (χ0) is 13.7. The Morgan fingerprint density at radius 2 is 1.84 bits per heavy atom. The van der Waals surface area contributed by atoms with E-state index < -0.39 is 4.92 Å². The van der Waals surface area contributed by atoms with Gasteiger partial charge in [0.1, 0.15) is 0 Å². The highest BCUT2D eigenvalue weighted by Crippen LogP contribution is 2.23. The number of non-ortho nitro benzene ring substituents is 1. The van der Waals surface area contributed by atoms with E-state index in [0.717, 1.165) is 11.1 Å². The molecule has 0 radical (unpaired) electrons. The molecule has 0 N–H and O–H groups in total. The third kappa shape index (κ3) is 3.08. The van der Waals surface area contributed by atoms with Gasteiger partial charge in [-0.25, -0.2) is 0 Å². The van der Waals surface area contributed by atoms with Crippen molar-refractivity contribution in [1.82, 2.24) is 0 Å². The molecule has 0 aliphatic carbocycles. The summed E-state index contributed by atoms with van der Waals surface area (Å²) in [7, 11) is 0. The molecule has 0 saturated carbocycles. The van der Waals surface area contributed by atoms with E-state index in [9.17, 15) is 10.1 Å². The third-order valence-corrected chi connectivity index (χ3v) is 2.69. The van der Waals surface area contributed by atoms with Crippen molar-refractivity contribution in [3.63, 3.8) is 0 Å². The SMILES string of the molecule is [N-]=[N+]=Nc1ccccc1Cc1ccc([N+](=O)[O-])cc1. The molecule has 0 heterocycles. The summed E-state index contributed by atoms with van der Waals surface area (Å²) in [6.45, 7) is 0. The van der Waals surface area contributed by atoms with Gasteiger partial charge in [0.05, 0.1) is 4.92 Å². The number of azide groups is 1. The molecule has 0 atom stereocenters. The van der Waals surface area contributed by atoms with Gasteiger partial charge in [0, 0.05) is 22.7 Å². The van der Waals surface area contributed by atoms with E-state index in [1.807, 2.05) is 12.1 Å². The van der Waals surface area contributed by atoms with Gasteiger partial charge in [-0.3, -0.25) is 10.1 Å². The summed E-state index contributed by atoms with van der Waals surface area (Å²) in [5, 5.41) is 14.2. The van der Waals surface area contributed by atoms with Crippen LogP contribution in [0.3, 0.4) is 0 Å². The zero-order valence-corrected chi connectivity index (χ0v) is 9.93. The molecule has 0 fully saturated rings.